The Morgan fingerprint density at radius 3 is 2.96 bits per heavy atom. The van der Waals surface area contributed by atoms with E-state index in [0.29, 0.717) is 22.8 Å². The van der Waals surface area contributed by atoms with Crippen molar-refractivity contribution in [1.29, 1.82) is 0 Å². The Balaban J connectivity index is 1.51. The van der Waals surface area contributed by atoms with Gasteiger partial charge in [0.05, 0.1) is 19.9 Å². The molecule has 2 aromatic rings. The number of carbonyl (C=O) groups excluding carboxylic acids is 1. The number of hydrazone groups is 1. The number of ether oxygens (including phenoxy) is 3. The van der Waals surface area contributed by atoms with Gasteiger partial charge in [-0.3, -0.25) is 4.79 Å². The summed E-state index contributed by atoms with van der Waals surface area (Å²) in [6.45, 7) is 0.228. The fraction of sp³-hybridized carbons (Fsp3) is 0.176. The number of fused-ring (bicyclic) bond motifs is 1. The van der Waals surface area contributed by atoms with E-state index < -0.39 is 0 Å². The molecule has 8 nitrogen and oxygen atoms in total. The predicted molar refractivity (Wildman–Crippen MR) is 91.5 cm³/mol. The van der Waals surface area contributed by atoms with Crippen LogP contribution < -0.4 is 25.0 Å². The summed E-state index contributed by atoms with van der Waals surface area (Å²) in [5.74, 6) is 1.60. The van der Waals surface area contributed by atoms with E-state index in [-0.39, 0.29) is 25.0 Å². The second-order valence-electron chi connectivity index (χ2n) is 5.14. The lowest BCUT2D eigenvalue weighted by atomic mass is 10.2. The fourth-order valence-electron chi connectivity index (χ4n) is 2.17. The topological polar surface area (TPSA) is 101 Å². The molecule has 25 heavy (non-hydrogen) atoms. The Morgan fingerprint density at radius 2 is 2.12 bits per heavy atom. The third kappa shape index (κ3) is 4.11. The maximum absolute atomic E-state index is 11.8. The molecule has 3 N–H and O–H groups in total. The number of nitrogens with one attached hydrogen (secondary N) is 2. The van der Waals surface area contributed by atoms with Crippen LogP contribution in [0.25, 0.3) is 0 Å². The molecule has 0 saturated heterocycles. The van der Waals surface area contributed by atoms with Crippen LogP contribution in [0, 0.1) is 0 Å². The first-order valence-corrected chi connectivity index (χ1v) is 7.48. The monoisotopic (exact) mass is 343 g/mol. The third-order valence-corrected chi connectivity index (χ3v) is 3.45. The molecule has 3 rings (SSSR count). The van der Waals surface area contributed by atoms with Crippen molar-refractivity contribution in [1.82, 2.24) is 5.43 Å². The van der Waals surface area contributed by atoms with Crippen LogP contribution in [-0.4, -0.2) is 37.7 Å². The number of nitrogens with zero attached hydrogens (tertiary/aromatic N) is 1. The summed E-state index contributed by atoms with van der Waals surface area (Å²) in [6.07, 6.45) is 1.34. The van der Waals surface area contributed by atoms with Gasteiger partial charge in [0.25, 0.3) is 5.91 Å². The number of aromatic hydroxyl groups is 1. The Kier molecular flexibility index (Phi) is 4.89. The van der Waals surface area contributed by atoms with E-state index in [1.54, 1.807) is 30.3 Å². The number of anilines is 1. The van der Waals surface area contributed by atoms with Crippen LogP contribution in [0.15, 0.2) is 41.5 Å². The van der Waals surface area contributed by atoms with Gasteiger partial charge >= 0.3 is 0 Å². The molecule has 0 aromatic heterocycles. The second kappa shape index (κ2) is 7.43. The first-order chi connectivity index (χ1) is 12.2. The first-order valence-electron chi connectivity index (χ1n) is 7.48. The highest BCUT2D eigenvalue weighted by Gasteiger charge is 2.13. The van der Waals surface area contributed by atoms with Gasteiger partial charge in [0.15, 0.2) is 11.5 Å². The SMILES string of the molecule is COc1ccc(O)c(/C=N\NC(=O)CNc2ccc3c(c2)OCO3)c1. The molecular formula is C17H17N3O5. The minimum atomic E-state index is -0.337. The molecular weight excluding hydrogens is 326 g/mol. The molecule has 0 atom stereocenters. The number of rotatable bonds is 6. The zero-order chi connectivity index (χ0) is 17.6. The lowest BCUT2D eigenvalue weighted by Gasteiger charge is -2.06. The molecule has 1 heterocycles. The molecule has 0 unspecified atom stereocenters. The minimum Gasteiger partial charge on any atom is -0.507 e. The highest BCUT2D eigenvalue weighted by atomic mass is 16.7. The van der Waals surface area contributed by atoms with E-state index in [1.807, 2.05) is 0 Å². The number of carbonyl (C=O) groups is 1. The zero-order valence-electron chi connectivity index (χ0n) is 13.5. The largest absolute Gasteiger partial charge is 0.507 e. The van der Waals surface area contributed by atoms with Gasteiger partial charge in [0, 0.05) is 17.3 Å². The number of phenolic OH excluding ortho intramolecular Hbond substituents is 1. The maximum Gasteiger partial charge on any atom is 0.259 e. The summed E-state index contributed by atoms with van der Waals surface area (Å²) < 4.78 is 15.6. The standard InChI is InChI=1S/C17H17N3O5/c1-23-13-3-4-14(21)11(6-13)8-19-20-17(22)9-18-12-2-5-15-16(7-12)25-10-24-15/h2-8,18,21H,9-10H2,1H3,(H,20,22)/b19-8-. The Bertz CT molecular complexity index is 807. The van der Waals surface area contributed by atoms with E-state index >= 15 is 0 Å². The van der Waals surface area contributed by atoms with E-state index in [0.717, 1.165) is 5.69 Å². The molecule has 0 saturated carbocycles. The lowest BCUT2D eigenvalue weighted by molar-refractivity contribution is -0.119. The fourth-order valence-corrected chi connectivity index (χ4v) is 2.17. The number of phenols is 1. The molecule has 1 aliphatic rings. The quantitative estimate of drug-likeness (QED) is 0.545. The van der Waals surface area contributed by atoms with Crippen molar-refractivity contribution in [3.63, 3.8) is 0 Å². The zero-order valence-corrected chi connectivity index (χ0v) is 13.5. The maximum atomic E-state index is 11.8. The average Bonchev–Trinajstić information content (AvgIpc) is 3.09. The normalized spacial score (nSPS) is 12.2. The van der Waals surface area contributed by atoms with Crippen LogP contribution in [0.3, 0.4) is 0 Å². The van der Waals surface area contributed by atoms with E-state index in [1.165, 1.54) is 19.4 Å². The number of hydrogen-bond acceptors (Lipinski definition) is 7. The Labute approximate surface area is 144 Å². The molecule has 1 aliphatic heterocycles. The van der Waals surface area contributed by atoms with Gasteiger partial charge in [0.1, 0.15) is 11.5 Å². The molecule has 1 amide bonds. The van der Waals surface area contributed by atoms with Gasteiger partial charge in [-0.15, -0.1) is 0 Å². The van der Waals surface area contributed by atoms with Crippen LogP contribution in [0.5, 0.6) is 23.0 Å². The molecule has 0 fully saturated rings. The lowest BCUT2D eigenvalue weighted by Crippen LogP contribution is -2.25. The van der Waals surface area contributed by atoms with E-state index in [2.05, 4.69) is 15.8 Å². The Hall–Kier alpha value is -3.42. The van der Waals surface area contributed by atoms with E-state index in [4.69, 9.17) is 14.2 Å². The smallest absolute Gasteiger partial charge is 0.259 e. The Morgan fingerprint density at radius 1 is 1.28 bits per heavy atom. The van der Waals surface area contributed by atoms with Crippen molar-refractivity contribution in [3.8, 4) is 23.0 Å². The summed E-state index contributed by atoms with van der Waals surface area (Å²) >= 11 is 0. The summed E-state index contributed by atoms with van der Waals surface area (Å²) in [5, 5.41) is 16.5. The van der Waals surface area contributed by atoms with Crippen LogP contribution in [-0.2, 0) is 4.79 Å². The first kappa shape index (κ1) is 16.4. The molecule has 0 spiro atoms. The molecule has 130 valence electrons. The van der Waals surface area contributed by atoms with Gasteiger partial charge in [-0.2, -0.15) is 5.10 Å². The van der Waals surface area contributed by atoms with Crippen molar-refractivity contribution < 1.29 is 24.1 Å². The van der Waals surface area contributed by atoms with Gasteiger partial charge < -0.3 is 24.6 Å². The van der Waals surface area contributed by atoms with Crippen molar-refractivity contribution in [2.75, 3.05) is 25.8 Å². The van der Waals surface area contributed by atoms with E-state index in [9.17, 15) is 9.90 Å². The predicted octanol–water partition coefficient (Wildman–Crippen LogP) is 1.69. The second-order valence-corrected chi connectivity index (χ2v) is 5.14. The number of hydrogen-bond donors (Lipinski definition) is 3. The molecule has 8 heteroatoms. The van der Waals surface area contributed by atoms with Gasteiger partial charge in [-0.25, -0.2) is 5.43 Å². The summed E-state index contributed by atoms with van der Waals surface area (Å²) in [7, 11) is 1.52. The highest BCUT2D eigenvalue weighted by molar-refractivity contribution is 5.86. The van der Waals surface area contributed by atoms with Gasteiger partial charge in [-0.1, -0.05) is 0 Å². The van der Waals surface area contributed by atoms with Gasteiger partial charge in [-0.05, 0) is 30.3 Å². The van der Waals surface area contributed by atoms with Crippen LogP contribution in [0.1, 0.15) is 5.56 Å². The summed E-state index contributed by atoms with van der Waals surface area (Å²) in [4.78, 5) is 11.8. The summed E-state index contributed by atoms with van der Waals surface area (Å²) in [6, 6.07) is 10.0. The van der Waals surface area contributed by atoms with Crippen LogP contribution in [0.2, 0.25) is 0 Å². The summed E-state index contributed by atoms with van der Waals surface area (Å²) in [5.41, 5.74) is 3.54. The van der Waals surface area contributed by atoms with Gasteiger partial charge in [0.2, 0.25) is 6.79 Å². The third-order valence-electron chi connectivity index (χ3n) is 3.45. The van der Waals surface area contributed by atoms with Crippen molar-refractivity contribution in [2.45, 2.75) is 0 Å². The van der Waals surface area contributed by atoms with Crippen LogP contribution >= 0.6 is 0 Å². The molecule has 0 aliphatic carbocycles. The average molecular weight is 343 g/mol. The van der Waals surface area contributed by atoms with Crippen LogP contribution in [0.4, 0.5) is 5.69 Å². The number of methoxy groups -OCH3 is 1. The van der Waals surface area contributed by atoms with Crippen molar-refractivity contribution in [2.24, 2.45) is 5.10 Å². The molecule has 0 radical (unpaired) electrons. The number of amides is 1. The number of benzene rings is 2. The highest BCUT2D eigenvalue weighted by Crippen LogP contribution is 2.34. The van der Waals surface area contributed by atoms with Crippen molar-refractivity contribution in [3.05, 3.63) is 42.0 Å². The minimum absolute atomic E-state index is 0.0288. The van der Waals surface area contributed by atoms with Crippen molar-refractivity contribution >= 4 is 17.8 Å². The molecule has 0 bridgehead atoms. The molecule has 2 aromatic carbocycles.